The Morgan fingerprint density at radius 2 is 1.93 bits per heavy atom. The lowest BCUT2D eigenvalue weighted by Crippen LogP contribution is -2.50. The number of fused-ring (bicyclic) bond motifs is 2. The second-order valence-electron chi connectivity index (χ2n) is 9.13. The molecule has 7 heteroatoms. The summed E-state index contributed by atoms with van der Waals surface area (Å²) in [5, 5.41) is 8.73. The lowest BCUT2D eigenvalue weighted by molar-refractivity contribution is 0.00927. The van der Waals surface area contributed by atoms with E-state index in [4.69, 9.17) is 4.74 Å². The van der Waals surface area contributed by atoms with Crippen molar-refractivity contribution in [1.29, 1.82) is 0 Å². The van der Waals surface area contributed by atoms with Crippen LogP contribution in [0.4, 0.5) is 4.79 Å². The third-order valence-electron chi connectivity index (χ3n) is 5.25. The van der Waals surface area contributed by atoms with E-state index in [1.165, 1.54) is 5.56 Å². The minimum absolute atomic E-state index is 0.0123. The molecule has 1 aliphatic rings. The van der Waals surface area contributed by atoms with Crippen LogP contribution in [0, 0.1) is 0 Å². The van der Waals surface area contributed by atoms with E-state index in [2.05, 4.69) is 27.3 Å². The van der Waals surface area contributed by atoms with Crippen LogP contribution >= 0.6 is 0 Å². The van der Waals surface area contributed by atoms with Crippen molar-refractivity contribution in [2.45, 2.75) is 45.4 Å². The number of hydrogen-bond donors (Lipinski definition) is 0. The minimum atomic E-state index is -0.526. The molecule has 158 valence electrons. The summed E-state index contributed by atoms with van der Waals surface area (Å²) >= 11 is 0. The first-order chi connectivity index (χ1) is 14.2. The van der Waals surface area contributed by atoms with E-state index in [0.717, 1.165) is 35.2 Å². The fourth-order valence-corrected chi connectivity index (χ4v) is 4.03. The van der Waals surface area contributed by atoms with Crippen LogP contribution in [0.1, 0.15) is 31.9 Å². The van der Waals surface area contributed by atoms with Gasteiger partial charge in [0, 0.05) is 13.1 Å². The van der Waals surface area contributed by atoms with Gasteiger partial charge in [0.15, 0.2) is 0 Å². The van der Waals surface area contributed by atoms with Crippen molar-refractivity contribution in [3.63, 3.8) is 0 Å². The smallest absolute Gasteiger partial charge is 0.410 e. The van der Waals surface area contributed by atoms with Crippen molar-refractivity contribution in [3.8, 4) is 5.69 Å². The summed E-state index contributed by atoms with van der Waals surface area (Å²) in [5.74, 6) is 0. The molecule has 1 aliphatic heterocycles. The molecule has 1 atom stereocenters. The molecule has 0 saturated heterocycles. The Morgan fingerprint density at radius 1 is 1.17 bits per heavy atom. The molecule has 3 aromatic rings. The zero-order valence-corrected chi connectivity index (χ0v) is 18.3. The molecule has 1 unspecified atom stereocenters. The highest BCUT2D eigenvalue weighted by atomic mass is 16.6. The molecule has 1 amide bonds. The Bertz CT molecular complexity index is 1070. The summed E-state index contributed by atoms with van der Waals surface area (Å²) in [7, 11) is 4.05. The number of para-hydroxylation sites is 1. The van der Waals surface area contributed by atoms with E-state index in [9.17, 15) is 4.79 Å². The second kappa shape index (κ2) is 7.72. The highest BCUT2D eigenvalue weighted by Crippen LogP contribution is 2.31. The molecule has 2 aromatic carbocycles. The number of aromatic nitrogens is 3. The number of nitrogens with zero attached hydrogens (tertiary/aromatic N) is 5. The van der Waals surface area contributed by atoms with Gasteiger partial charge in [-0.25, -0.2) is 9.48 Å². The van der Waals surface area contributed by atoms with Gasteiger partial charge in [0.05, 0.1) is 17.2 Å². The van der Waals surface area contributed by atoms with Crippen LogP contribution < -0.4 is 0 Å². The van der Waals surface area contributed by atoms with E-state index >= 15 is 0 Å². The number of likely N-dealkylation sites (N-methyl/N-ethyl adjacent to an activating group) is 1. The van der Waals surface area contributed by atoms with Gasteiger partial charge in [-0.05, 0) is 70.6 Å². The van der Waals surface area contributed by atoms with Crippen LogP contribution in [-0.4, -0.2) is 63.2 Å². The SMILES string of the molecule is CN(C)CC1Cc2c(cccc2-n2nnc3ccccc32)CN1C(=O)OC(C)(C)C. The first-order valence-electron chi connectivity index (χ1n) is 10.3. The minimum Gasteiger partial charge on any atom is -0.444 e. The molecule has 7 nitrogen and oxygen atoms in total. The standard InChI is InChI=1S/C23H29N5O2/c1-23(2,3)30-22(29)27-14-16-9-8-12-20(18(16)13-17(27)15-26(4)5)28-21-11-7-6-10-19(21)24-25-28/h6-12,17H,13-15H2,1-5H3. The molecule has 2 heterocycles. The lowest BCUT2D eigenvalue weighted by atomic mass is 9.92. The lowest BCUT2D eigenvalue weighted by Gasteiger charge is -2.39. The molecule has 30 heavy (non-hydrogen) atoms. The van der Waals surface area contributed by atoms with Crippen molar-refractivity contribution in [2.75, 3.05) is 20.6 Å². The molecule has 0 fully saturated rings. The van der Waals surface area contributed by atoms with Crippen LogP contribution in [0.5, 0.6) is 0 Å². The topological polar surface area (TPSA) is 63.5 Å². The highest BCUT2D eigenvalue weighted by Gasteiger charge is 2.34. The first-order valence-corrected chi connectivity index (χ1v) is 10.3. The number of hydrogen-bond acceptors (Lipinski definition) is 5. The summed E-state index contributed by atoms with van der Waals surface area (Å²) in [6.07, 6.45) is 0.466. The Labute approximate surface area is 177 Å². The molecule has 0 spiro atoms. The van der Waals surface area contributed by atoms with E-state index in [0.29, 0.717) is 6.54 Å². The molecule has 0 radical (unpaired) electrons. The number of carbonyl (C=O) groups excluding carboxylic acids is 1. The fraction of sp³-hybridized carbons (Fsp3) is 0.435. The van der Waals surface area contributed by atoms with Crippen molar-refractivity contribution in [1.82, 2.24) is 24.8 Å². The van der Waals surface area contributed by atoms with E-state index < -0.39 is 5.60 Å². The normalized spacial score (nSPS) is 16.7. The van der Waals surface area contributed by atoms with Crippen molar-refractivity contribution < 1.29 is 9.53 Å². The molecular formula is C23H29N5O2. The Hall–Kier alpha value is -2.93. The number of ether oxygens (including phenoxy) is 1. The van der Waals surface area contributed by atoms with Crippen LogP contribution in [0.2, 0.25) is 0 Å². The number of rotatable bonds is 3. The first kappa shape index (κ1) is 20.3. The number of carbonyl (C=O) groups is 1. The zero-order valence-electron chi connectivity index (χ0n) is 18.3. The Balaban J connectivity index is 1.75. The summed E-state index contributed by atoms with van der Waals surface area (Å²) in [6.45, 7) is 6.97. The third-order valence-corrected chi connectivity index (χ3v) is 5.25. The molecule has 4 rings (SSSR count). The van der Waals surface area contributed by atoms with E-state index in [-0.39, 0.29) is 12.1 Å². The van der Waals surface area contributed by atoms with Gasteiger partial charge in [-0.1, -0.05) is 29.5 Å². The molecule has 1 aromatic heterocycles. The Kier molecular flexibility index (Phi) is 5.24. The maximum Gasteiger partial charge on any atom is 0.410 e. The van der Waals surface area contributed by atoms with Gasteiger partial charge in [0.1, 0.15) is 11.1 Å². The molecule has 0 aliphatic carbocycles. The summed E-state index contributed by atoms with van der Waals surface area (Å²) in [5.41, 5.74) is 4.67. The molecule has 0 saturated carbocycles. The third kappa shape index (κ3) is 4.03. The van der Waals surface area contributed by atoms with Gasteiger partial charge in [-0.3, -0.25) is 4.90 Å². The molecule has 0 N–H and O–H groups in total. The fourth-order valence-electron chi connectivity index (χ4n) is 4.03. The summed E-state index contributed by atoms with van der Waals surface area (Å²) in [4.78, 5) is 16.9. The summed E-state index contributed by atoms with van der Waals surface area (Å²) < 4.78 is 7.61. The number of benzene rings is 2. The number of amides is 1. The average Bonchev–Trinajstić information content (AvgIpc) is 3.09. The van der Waals surface area contributed by atoms with Gasteiger partial charge < -0.3 is 9.64 Å². The van der Waals surface area contributed by atoms with E-state index in [1.807, 2.05) is 74.8 Å². The van der Waals surface area contributed by atoms with Crippen molar-refractivity contribution >= 4 is 17.1 Å². The quantitative estimate of drug-likeness (QED) is 0.663. The highest BCUT2D eigenvalue weighted by molar-refractivity contribution is 5.76. The van der Waals surface area contributed by atoms with E-state index in [1.54, 1.807) is 0 Å². The van der Waals surface area contributed by atoms with Gasteiger partial charge in [-0.15, -0.1) is 5.10 Å². The predicted octanol–water partition coefficient (Wildman–Crippen LogP) is 3.64. The molecular weight excluding hydrogens is 378 g/mol. The van der Waals surface area contributed by atoms with Crippen molar-refractivity contribution in [3.05, 3.63) is 53.6 Å². The van der Waals surface area contributed by atoms with Crippen LogP contribution in [0.3, 0.4) is 0 Å². The van der Waals surface area contributed by atoms with Gasteiger partial charge >= 0.3 is 6.09 Å². The Morgan fingerprint density at radius 3 is 2.67 bits per heavy atom. The molecule has 0 bridgehead atoms. The monoisotopic (exact) mass is 407 g/mol. The zero-order chi connectivity index (χ0) is 21.5. The van der Waals surface area contributed by atoms with Gasteiger partial charge in [-0.2, -0.15) is 0 Å². The van der Waals surface area contributed by atoms with Gasteiger partial charge in [0.25, 0.3) is 0 Å². The van der Waals surface area contributed by atoms with Crippen LogP contribution in [0.15, 0.2) is 42.5 Å². The largest absolute Gasteiger partial charge is 0.444 e. The van der Waals surface area contributed by atoms with Crippen molar-refractivity contribution in [2.24, 2.45) is 0 Å². The maximum absolute atomic E-state index is 13.0. The van der Waals surface area contributed by atoms with Gasteiger partial charge in [0.2, 0.25) is 0 Å². The maximum atomic E-state index is 13.0. The average molecular weight is 408 g/mol. The summed E-state index contributed by atoms with van der Waals surface area (Å²) in [6, 6.07) is 14.2. The second-order valence-corrected chi connectivity index (χ2v) is 9.13. The predicted molar refractivity (Wildman–Crippen MR) is 117 cm³/mol. The van der Waals surface area contributed by atoms with Crippen LogP contribution in [0.25, 0.3) is 16.7 Å². The van der Waals surface area contributed by atoms with Crippen LogP contribution in [-0.2, 0) is 17.7 Å².